The molecule has 1 aliphatic carbocycles. The largest absolute Gasteiger partial charge is 0.369 e. The Bertz CT molecular complexity index is 1630. The van der Waals surface area contributed by atoms with Gasteiger partial charge in [0.05, 0.1) is 30.7 Å². The smallest absolute Gasteiger partial charge is 0.242 e. The molecule has 41 heavy (non-hydrogen) atoms. The lowest BCUT2D eigenvalue weighted by molar-refractivity contribution is -0.149. The summed E-state index contributed by atoms with van der Waals surface area (Å²) in [6, 6.07) is 8.00. The van der Waals surface area contributed by atoms with E-state index in [-0.39, 0.29) is 30.4 Å². The van der Waals surface area contributed by atoms with Crippen LogP contribution in [-0.4, -0.2) is 90.0 Å². The Hall–Kier alpha value is -3.90. The van der Waals surface area contributed by atoms with E-state index in [4.69, 9.17) is 24.7 Å². The van der Waals surface area contributed by atoms with Crippen molar-refractivity contribution in [2.24, 2.45) is 13.0 Å². The van der Waals surface area contributed by atoms with Crippen molar-refractivity contribution in [2.75, 3.05) is 39.3 Å². The van der Waals surface area contributed by atoms with Crippen LogP contribution >= 0.6 is 0 Å². The molecule has 1 saturated carbocycles. The zero-order valence-electron chi connectivity index (χ0n) is 23.5. The van der Waals surface area contributed by atoms with E-state index in [1.54, 1.807) is 9.80 Å². The van der Waals surface area contributed by atoms with E-state index < -0.39 is 0 Å². The van der Waals surface area contributed by atoms with Crippen LogP contribution in [0.1, 0.15) is 49.6 Å². The Morgan fingerprint density at radius 3 is 2.68 bits per heavy atom. The fraction of sp³-hybridized carbons (Fsp3) is 0.517. The number of aryl methyl sites for hydroxylation is 2. The van der Waals surface area contributed by atoms with Crippen molar-refractivity contribution in [2.45, 2.75) is 45.3 Å². The zero-order chi connectivity index (χ0) is 28.1. The van der Waals surface area contributed by atoms with Gasteiger partial charge in [0, 0.05) is 45.6 Å². The van der Waals surface area contributed by atoms with Gasteiger partial charge in [0.25, 0.3) is 0 Å². The van der Waals surface area contributed by atoms with Crippen LogP contribution < -0.4 is 5.32 Å². The molecule has 2 amide bonds. The van der Waals surface area contributed by atoms with Gasteiger partial charge in [-0.2, -0.15) is 4.98 Å². The maximum absolute atomic E-state index is 13.1. The second-order valence-electron chi connectivity index (χ2n) is 11.1. The standard InChI is InChI=1S/C29H35N9O3/c1-3-22-31-19-9-4-5-10-20(19)38(22)29-33-25(21-15-30-11-14-41-21)26-27(34-29)35(2)23(32-26)16-36-12-13-37(17-24(36)39)28(40)18-7-6-8-18/h4-5,9-10,18,21,30H,3,6-8,11-17H2,1-2H3. The molecule has 0 radical (unpaired) electrons. The SMILES string of the molecule is CCc1nc2ccccc2n1-c1nc(C2CNCCO2)c2nc(CN3CCN(C(=O)C4CCC4)CC3=O)n(C)c2n1. The molecular formula is C29H35N9O3. The number of amides is 2. The summed E-state index contributed by atoms with van der Waals surface area (Å²) < 4.78 is 10.1. The van der Waals surface area contributed by atoms with Crippen molar-refractivity contribution in [1.82, 2.24) is 44.2 Å². The Morgan fingerprint density at radius 2 is 1.95 bits per heavy atom. The summed E-state index contributed by atoms with van der Waals surface area (Å²) in [4.78, 5) is 49.2. The summed E-state index contributed by atoms with van der Waals surface area (Å²) in [5.41, 5.74) is 3.92. The Labute approximate surface area is 237 Å². The van der Waals surface area contributed by atoms with Gasteiger partial charge >= 0.3 is 0 Å². The first-order valence-corrected chi connectivity index (χ1v) is 14.6. The topological polar surface area (TPSA) is 123 Å². The molecule has 1 unspecified atom stereocenters. The number of carbonyl (C=O) groups excluding carboxylic acids is 2. The van der Waals surface area contributed by atoms with Gasteiger partial charge in [-0.25, -0.2) is 15.0 Å². The molecule has 3 fully saturated rings. The van der Waals surface area contributed by atoms with Crippen LogP contribution in [0.15, 0.2) is 24.3 Å². The second kappa shape index (κ2) is 10.5. The Morgan fingerprint density at radius 1 is 1.10 bits per heavy atom. The number of nitrogens with one attached hydrogen (secondary N) is 1. The summed E-state index contributed by atoms with van der Waals surface area (Å²) in [6.07, 6.45) is 3.42. The van der Waals surface area contributed by atoms with Gasteiger partial charge in [-0.15, -0.1) is 0 Å². The van der Waals surface area contributed by atoms with Gasteiger partial charge in [0.15, 0.2) is 5.65 Å². The number of imidazole rings is 2. The highest BCUT2D eigenvalue weighted by molar-refractivity contribution is 5.87. The minimum Gasteiger partial charge on any atom is -0.369 e. The molecule has 4 aromatic rings. The molecule has 2 aliphatic heterocycles. The second-order valence-corrected chi connectivity index (χ2v) is 11.1. The Kier molecular flexibility index (Phi) is 6.66. The third-order valence-corrected chi connectivity index (χ3v) is 8.62. The van der Waals surface area contributed by atoms with Gasteiger partial charge in [-0.3, -0.25) is 14.2 Å². The molecule has 12 heteroatoms. The number of hydrogen-bond donors (Lipinski definition) is 1. The summed E-state index contributed by atoms with van der Waals surface area (Å²) in [7, 11) is 1.93. The fourth-order valence-corrected chi connectivity index (χ4v) is 6.01. The first-order valence-electron chi connectivity index (χ1n) is 14.6. The minimum atomic E-state index is -0.279. The molecular weight excluding hydrogens is 522 g/mol. The van der Waals surface area contributed by atoms with E-state index >= 15 is 0 Å². The number of aromatic nitrogens is 6. The van der Waals surface area contributed by atoms with E-state index in [1.807, 2.05) is 40.4 Å². The van der Waals surface area contributed by atoms with Crippen molar-refractivity contribution >= 4 is 34.0 Å². The predicted octanol–water partition coefficient (Wildman–Crippen LogP) is 1.90. The number of fused-ring (bicyclic) bond motifs is 2. The molecule has 1 aromatic carbocycles. The van der Waals surface area contributed by atoms with Crippen molar-refractivity contribution in [3.05, 3.63) is 41.6 Å². The van der Waals surface area contributed by atoms with Crippen LogP contribution in [0.3, 0.4) is 0 Å². The molecule has 0 bridgehead atoms. The molecule has 2 saturated heterocycles. The summed E-state index contributed by atoms with van der Waals surface area (Å²) >= 11 is 0. The quantitative estimate of drug-likeness (QED) is 0.381. The summed E-state index contributed by atoms with van der Waals surface area (Å²) in [5.74, 6) is 2.29. The highest BCUT2D eigenvalue weighted by atomic mass is 16.5. The van der Waals surface area contributed by atoms with E-state index in [0.717, 1.165) is 60.6 Å². The van der Waals surface area contributed by atoms with Crippen LogP contribution in [0, 0.1) is 5.92 Å². The molecule has 12 nitrogen and oxygen atoms in total. The average molecular weight is 558 g/mol. The predicted molar refractivity (Wildman–Crippen MR) is 151 cm³/mol. The molecule has 1 N–H and O–H groups in total. The van der Waals surface area contributed by atoms with Crippen LogP contribution in [0.25, 0.3) is 28.1 Å². The van der Waals surface area contributed by atoms with Gasteiger partial charge in [-0.05, 0) is 25.0 Å². The molecule has 214 valence electrons. The number of hydrogen-bond acceptors (Lipinski definition) is 8. The number of para-hydroxylation sites is 2. The van der Waals surface area contributed by atoms with Gasteiger partial charge in [0.2, 0.25) is 17.8 Å². The third-order valence-electron chi connectivity index (χ3n) is 8.62. The van der Waals surface area contributed by atoms with Gasteiger partial charge in [0.1, 0.15) is 29.0 Å². The molecule has 0 spiro atoms. The van der Waals surface area contributed by atoms with Crippen molar-refractivity contribution in [3.8, 4) is 5.95 Å². The first kappa shape index (κ1) is 26.0. The van der Waals surface area contributed by atoms with Crippen LogP contribution in [-0.2, 0) is 34.3 Å². The molecule has 5 heterocycles. The minimum absolute atomic E-state index is 0.0553. The maximum Gasteiger partial charge on any atom is 0.242 e. The third kappa shape index (κ3) is 4.55. The van der Waals surface area contributed by atoms with Gasteiger partial charge < -0.3 is 24.4 Å². The van der Waals surface area contributed by atoms with Crippen LogP contribution in [0.5, 0.6) is 0 Å². The molecule has 3 aliphatic rings. The highest BCUT2D eigenvalue weighted by Crippen LogP contribution is 2.30. The molecule has 7 rings (SSSR count). The highest BCUT2D eigenvalue weighted by Gasteiger charge is 2.34. The number of piperazine rings is 1. The molecule has 3 aromatic heterocycles. The number of ether oxygens (including phenoxy) is 1. The van der Waals surface area contributed by atoms with Gasteiger partial charge in [-0.1, -0.05) is 25.5 Å². The molecule has 1 atom stereocenters. The normalized spacial score (nSPS) is 20.2. The van der Waals surface area contributed by atoms with E-state index in [9.17, 15) is 9.59 Å². The number of nitrogens with zero attached hydrogens (tertiary/aromatic N) is 8. The maximum atomic E-state index is 13.1. The van der Waals surface area contributed by atoms with Crippen LogP contribution in [0.2, 0.25) is 0 Å². The number of carbonyl (C=O) groups is 2. The Balaban J connectivity index is 1.25. The fourth-order valence-electron chi connectivity index (χ4n) is 6.01. The zero-order valence-corrected chi connectivity index (χ0v) is 23.5. The summed E-state index contributed by atoms with van der Waals surface area (Å²) in [6.45, 7) is 5.57. The van der Waals surface area contributed by atoms with Crippen molar-refractivity contribution in [1.29, 1.82) is 0 Å². The monoisotopic (exact) mass is 557 g/mol. The van der Waals surface area contributed by atoms with Crippen LogP contribution in [0.4, 0.5) is 0 Å². The van der Waals surface area contributed by atoms with Crippen molar-refractivity contribution in [3.63, 3.8) is 0 Å². The first-order chi connectivity index (χ1) is 20.0. The lowest BCUT2D eigenvalue weighted by Gasteiger charge is -2.37. The van der Waals surface area contributed by atoms with E-state index in [0.29, 0.717) is 49.9 Å². The number of benzene rings is 1. The number of morpholine rings is 1. The summed E-state index contributed by atoms with van der Waals surface area (Å²) in [5, 5.41) is 3.40. The lowest BCUT2D eigenvalue weighted by Crippen LogP contribution is -2.53. The van der Waals surface area contributed by atoms with E-state index in [1.165, 1.54) is 0 Å². The lowest BCUT2D eigenvalue weighted by atomic mass is 9.84. The van der Waals surface area contributed by atoms with E-state index in [2.05, 4.69) is 12.2 Å². The van der Waals surface area contributed by atoms with Crippen molar-refractivity contribution < 1.29 is 14.3 Å². The number of rotatable bonds is 6. The average Bonchev–Trinajstić information content (AvgIpc) is 3.50.